The van der Waals surface area contributed by atoms with Crippen LogP contribution in [0.1, 0.15) is 24.3 Å². The Labute approximate surface area is 133 Å². The highest BCUT2D eigenvalue weighted by Gasteiger charge is 2.52. The van der Waals surface area contributed by atoms with Gasteiger partial charge in [0.2, 0.25) is 0 Å². The van der Waals surface area contributed by atoms with Crippen LogP contribution in [0.15, 0.2) is 6.20 Å². The maximum atomic E-state index is 12.6. The molecule has 0 radical (unpaired) electrons. The lowest BCUT2D eigenvalue weighted by molar-refractivity contribution is -0.143. The molecule has 0 spiro atoms. The van der Waals surface area contributed by atoms with E-state index in [0.29, 0.717) is 0 Å². The second-order valence-electron chi connectivity index (χ2n) is 5.29. The Hall–Kier alpha value is -1.32. The number of carbonyl (C=O) groups excluding carboxylic acids is 1. The summed E-state index contributed by atoms with van der Waals surface area (Å²) in [5.41, 5.74) is 0.0592. The summed E-state index contributed by atoms with van der Waals surface area (Å²) in [5.74, 6) is -2.50. The van der Waals surface area contributed by atoms with Crippen molar-refractivity contribution in [3.8, 4) is 0 Å². The predicted octanol–water partition coefficient (Wildman–Crippen LogP) is 1.03. The first kappa shape index (κ1) is 18.0. The summed E-state index contributed by atoms with van der Waals surface area (Å²) in [6, 6.07) is 0. The quantitative estimate of drug-likeness (QED) is 0.549. The molecule has 2 atom stereocenters. The molecular weight excluding hydrogens is 329 g/mol. The molecule has 0 aliphatic carbocycles. The van der Waals surface area contributed by atoms with Crippen LogP contribution in [-0.4, -0.2) is 60.0 Å². The van der Waals surface area contributed by atoms with Crippen molar-refractivity contribution in [2.24, 2.45) is 0 Å². The molecule has 130 valence electrons. The zero-order valence-corrected chi connectivity index (χ0v) is 14.5. The number of nitrogens with zero attached hydrogens (tertiary/aromatic N) is 3. The third-order valence-corrected chi connectivity index (χ3v) is 5.36. The lowest BCUT2D eigenvalue weighted by Gasteiger charge is -2.23. The maximum absolute atomic E-state index is 12.6. The van der Waals surface area contributed by atoms with Gasteiger partial charge in [-0.25, -0.2) is 9.48 Å². The number of esters is 1. The second kappa shape index (κ2) is 6.66. The lowest BCUT2D eigenvalue weighted by atomic mass is 10.3. The SMILES string of the molecule is COC(=O)c1cn(C[C@@H]2OC(C)(C)O[C@H]2P(=O)(OC)OC)nn1. The summed E-state index contributed by atoms with van der Waals surface area (Å²) < 4.78 is 40.0. The van der Waals surface area contributed by atoms with Crippen LogP contribution in [0, 0.1) is 0 Å². The second-order valence-corrected chi connectivity index (χ2v) is 7.61. The standard InChI is InChI=1S/C12H20N3O7P/c1-12(2)21-9(11(22-12)23(17,19-4)20-5)7-15-6-8(13-14-15)10(16)18-3/h6,9,11H,7H2,1-5H3/t9-,11-/m0/s1. The van der Waals surface area contributed by atoms with Crippen molar-refractivity contribution in [1.82, 2.24) is 15.0 Å². The molecule has 1 saturated heterocycles. The summed E-state index contributed by atoms with van der Waals surface area (Å²) in [7, 11) is 0.288. The minimum Gasteiger partial charge on any atom is -0.464 e. The summed E-state index contributed by atoms with van der Waals surface area (Å²) in [6.45, 7) is 3.53. The summed E-state index contributed by atoms with van der Waals surface area (Å²) in [6.07, 6.45) is 0.741. The van der Waals surface area contributed by atoms with Crippen molar-refractivity contribution in [3.63, 3.8) is 0 Å². The van der Waals surface area contributed by atoms with Gasteiger partial charge in [0.25, 0.3) is 0 Å². The zero-order chi connectivity index (χ0) is 17.3. The van der Waals surface area contributed by atoms with Crippen LogP contribution in [-0.2, 0) is 34.4 Å². The van der Waals surface area contributed by atoms with Crippen molar-refractivity contribution in [2.45, 2.75) is 38.1 Å². The smallest absolute Gasteiger partial charge is 0.361 e. The molecule has 0 saturated carbocycles. The summed E-state index contributed by atoms with van der Waals surface area (Å²) in [4.78, 5) is 11.4. The molecule has 2 heterocycles. The molecule has 1 aromatic rings. The Kier molecular flexibility index (Phi) is 5.22. The fourth-order valence-corrected chi connectivity index (χ4v) is 3.78. The van der Waals surface area contributed by atoms with Crippen LogP contribution in [0.2, 0.25) is 0 Å². The Balaban J connectivity index is 2.20. The molecule has 0 bridgehead atoms. The largest absolute Gasteiger partial charge is 0.464 e. The van der Waals surface area contributed by atoms with Gasteiger partial charge in [-0.15, -0.1) is 5.10 Å². The molecular formula is C12H20N3O7P. The number of hydrogen-bond acceptors (Lipinski definition) is 9. The molecule has 1 aliphatic heterocycles. The number of carbonyl (C=O) groups is 1. The van der Waals surface area contributed by atoms with Crippen molar-refractivity contribution < 1.29 is 32.6 Å². The minimum absolute atomic E-state index is 0.0592. The van der Waals surface area contributed by atoms with Gasteiger partial charge in [-0.1, -0.05) is 5.21 Å². The molecule has 1 aliphatic rings. The first-order chi connectivity index (χ1) is 10.7. The lowest BCUT2D eigenvalue weighted by Crippen LogP contribution is -2.29. The maximum Gasteiger partial charge on any atom is 0.361 e. The Morgan fingerprint density at radius 3 is 2.57 bits per heavy atom. The van der Waals surface area contributed by atoms with Gasteiger partial charge in [0, 0.05) is 14.2 Å². The summed E-state index contributed by atoms with van der Waals surface area (Å²) in [5, 5.41) is 7.53. The van der Waals surface area contributed by atoms with Crippen molar-refractivity contribution in [2.75, 3.05) is 21.3 Å². The number of hydrogen-bond donors (Lipinski definition) is 0. The van der Waals surface area contributed by atoms with Crippen LogP contribution in [0.3, 0.4) is 0 Å². The first-order valence-electron chi connectivity index (χ1n) is 6.80. The summed E-state index contributed by atoms with van der Waals surface area (Å²) >= 11 is 0. The van der Waals surface area contributed by atoms with E-state index in [4.69, 9.17) is 18.5 Å². The first-order valence-corrected chi connectivity index (χ1v) is 8.41. The van der Waals surface area contributed by atoms with Crippen LogP contribution in [0.5, 0.6) is 0 Å². The topological polar surface area (TPSA) is 111 Å². The van der Waals surface area contributed by atoms with E-state index < -0.39 is 31.3 Å². The van der Waals surface area contributed by atoms with Crippen molar-refractivity contribution >= 4 is 13.6 Å². The van der Waals surface area contributed by atoms with E-state index in [0.717, 1.165) is 0 Å². The van der Waals surface area contributed by atoms with Crippen LogP contribution >= 0.6 is 7.60 Å². The van der Waals surface area contributed by atoms with Crippen molar-refractivity contribution in [1.29, 1.82) is 0 Å². The van der Waals surface area contributed by atoms with E-state index in [9.17, 15) is 9.36 Å². The highest BCUT2D eigenvalue weighted by Crippen LogP contribution is 2.57. The number of aromatic nitrogens is 3. The molecule has 0 aromatic carbocycles. The number of ether oxygens (including phenoxy) is 3. The molecule has 0 amide bonds. The average Bonchev–Trinajstić information content (AvgIpc) is 3.10. The van der Waals surface area contributed by atoms with E-state index in [1.807, 2.05) is 0 Å². The number of methoxy groups -OCH3 is 1. The molecule has 11 heteroatoms. The Bertz CT molecular complexity index is 610. The normalized spacial score (nSPS) is 23.9. The monoisotopic (exact) mass is 349 g/mol. The predicted molar refractivity (Wildman–Crippen MR) is 76.8 cm³/mol. The van der Waals surface area contributed by atoms with Gasteiger partial charge in [0.15, 0.2) is 17.3 Å². The molecule has 2 rings (SSSR count). The Morgan fingerprint density at radius 2 is 2.00 bits per heavy atom. The van der Waals surface area contributed by atoms with Gasteiger partial charge in [-0.05, 0) is 13.8 Å². The van der Waals surface area contributed by atoms with Gasteiger partial charge in [-0.3, -0.25) is 4.57 Å². The molecule has 23 heavy (non-hydrogen) atoms. The average molecular weight is 349 g/mol. The van der Waals surface area contributed by atoms with Gasteiger partial charge < -0.3 is 23.3 Å². The zero-order valence-electron chi connectivity index (χ0n) is 13.6. The van der Waals surface area contributed by atoms with Gasteiger partial charge in [0.05, 0.1) is 19.9 Å². The van der Waals surface area contributed by atoms with E-state index in [1.54, 1.807) is 13.8 Å². The van der Waals surface area contributed by atoms with E-state index >= 15 is 0 Å². The molecule has 10 nitrogen and oxygen atoms in total. The highest BCUT2D eigenvalue weighted by molar-refractivity contribution is 7.54. The van der Waals surface area contributed by atoms with Crippen LogP contribution in [0.25, 0.3) is 0 Å². The third-order valence-electron chi connectivity index (χ3n) is 3.28. The molecule has 0 unspecified atom stereocenters. The van der Waals surface area contributed by atoms with E-state index in [-0.39, 0.29) is 12.2 Å². The fourth-order valence-electron chi connectivity index (χ4n) is 2.27. The van der Waals surface area contributed by atoms with E-state index in [1.165, 1.54) is 32.2 Å². The highest BCUT2D eigenvalue weighted by atomic mass is 31.2. The molecule has 1 aromatic heterocycles. The van der Waals surface area contributed by atoms with Gasteiger partial charge >= 0.3 is 13.6 Å². The fraction of sp³-hybridized carbons (Fsp3) is 0.750. The Morgan fingerprint density at radius 1 is 1.35 bits per heavy atom. The number of rotatable bonds is 6. The molecule has 1 fully saturated rings. The van der Waals surface area contributed by atoms with Crippen LogP contribution < -0.4 is 0 Å². The molecule has 0 N–H and O–H groups in total. The van der Waals surface area contributed by atoms with Crippen LogP contribution in [0.4, 0.5) is 0 Å². The van der Waals surface area contributed by atoms with E-state index in [2.05, 4.69) is 15.0 Å². The third kappa shape index (κ3) is 3.78. The van der Waals surface area contributed by atoms with Gasteiger partial charge in [0.1, 0.15) is 6.10 Å². The van der Waals surface area contributed by atoms with Gasteiger partial charge in [-0.2, -0.15) is 0 Å². The van der Waals surface area contributed by atoms with Crippen molar-refractivity contribution in [3.05, 3.63) is 11.9 Å². The minimum atomic E-state index is -3.52.